The Hall–Kier alpha value is -2.09. The van der Waals surface area contributed by atoms with E-state index in [1.807, 2.05) is 0 Å². The lowest BCUT2D eigenvalue weighted by molar-refractivity contribution is 0.600. The third-order valence-corrected chi connectivity index (χ3v) is 3.79. The Morgan fingerprint density at radius 1 is 1.28 bits per heavy atom. The molecule has 0 aliphatic heterocycles. The molecule has 0 saturated heterocycles. The van der Waals surface area contributed by atoms with Crippen molar-refractivity contribution in [2.75, 3.05) is 17.1 Å². The van der Waals surface area contributed by atoms with Crippen LogP contribution in [0.15, 0.2) is 35.6 Å². The highest BCUT2D eigenvalue weighted by molar-refractivity contribution is 7.92. The quantitative estimate of drug-likeness (QED) is 0.849. The number of anilines is 2. The Morgan fingerprint density at radius 2 is 2.06 bits per heavy atom. The van der Waals surface area contributed by atoms with Crippen LogP contribution in [0.2, 0.25) is 0 Å². The molecule has 7 nitrogen and oxygen atoms in total. The van der Waals surface area contributed by atoms with Gasteiger partial charge in [-0.2, -0.15) is 5.10 Å². The van der Waals surface area contributed by atoms with E-state index in [1.165, 1.54) is 23.3 Å². The number of pyridine rings is 1. The fourth-order valence-corrected chi connectivity index (χ4v) is 2.71. The second-order valence-corrected chi connectivity index (χ2v) is 5.22. The van der Waals surface area contributed by atoms with Crippen molar-refractivity contribution in [3.8, 4) is 0 Å². The number of nitrogens with zero attached hydrogens (tertiary/aromatic N) is 3. The molecule has 0 amide bonds. The number of sulfonamides is 1. The summed E-state index contributed by atoms with van der Waals surface area (Å²) >= 11 is 0. The summed E-state index contributed by atoms with van der Waals surface area (Å²) < 4.78 is 28.3. The molecule has 0 aliphatic rings. The van der Waals surface area contributed by atoms with Crippen LogP contribution in [0.25, 0.3) is 0 Å². The molecular weight excluding hydrogens is 254 g/mol. The van der Waals surface area contributed by atoms with Gasteiger partial charge in [-0.25, -0.2) is 8.42 Å². The second kappa shape index (κ2) is 4.65. The lowest BCUT2D eigenvalue weighted by Crippen LogP contribution is -2.17. The van der Waals surface area contributed by atoms with Crippen LogP contribution in [0.5, 0.6) is 0 Å². The third kappa shape index (κ3) is 2.28. The van der Waals surface area contributed by atoms with Crippen LogP contribution in [-0.4, -0.2) is 30.2 Å². The minimum Gasteiger partial charge on any atom is -0.387 e. The van der Waals surface area contributed by atoms with E-state index in [0.29, 0.717) is 11.5 Å². The number of nitrogens with one attached hydrogen (secondary N) is 2. The van der Waals surface area contributed by atoms with Gasteiger partial charge in [-0.15, -0.1) is 0 Å². The zero-order valence-corrected chi connectivity index (χ0v) is 10.8. The SMILES string of the molecule is CNc1ccncc1S(=O)(=O)Nc1ccnn1C. The van der Waals surface area contributed by atoms with Gasteiger partial charge in [-0.05, 0) is 6.07 Å². The lowest BCUT2D eigenvalue weighted by Gasteiger charge is -2.11. The molecule has 0 radical (unpaired) electrons. The second-order valence-electron chi connectivity index (χ2n) is 3.57. The molecule has 8 heteroatoms. The first-order chi connectivity index (χ1) is 8.54. The lowest BCUT2D eigenvalue weighted by atomic mass is 10.4. The normalized spacial score (nSPS) is 11.2. The predicted octanol–water partition coefficient (Wildman–Crippen LogP) is 0.658. The number of hydrogen-bond donors (Lipinski definition) is 2. The summed E-state index contributed by atoms with van der Waals surface area (Å²) in [6, 6.07) is 3.17. The first-order valence-corrected chi connectivity index (χ1v) is 6.65. The predicted molar refractivity (Wildman–Crippen MR) is 67.8 cm³/mol. The zero-order chi connectivity index (χ0) is 13.2. The van der Waals surface area contributed by atoms with Crippen LogP contribution < -0.4 is 10.0 Å². The zero-order valence-electron chi connectivity index (χ0n) is 9.95. The Labute approximate surface area is 105 Å². The minimum absolute atomic E-state index is 0.0914. The molecule has 0 spiro atoms. The number of rotatable bonds is 4. The van der Waals surface area contributed by atoms with Crippen molar-refractivity contribution in [3.63, 3.8) is 0 Å². The molecule has 2 N–H and O–H groups in total. The first kappa shape index (κ1) is 12.4. The van der Waals surface area contributed by atoms with Crippen LogP contribution in [0, 0.1) is 0 Å². The van der Waals surface area contributed by atoms with E-state index in [0.717, 1.165) is 0 Å². The highest BCUT2D eigenvalue weighted by atomic mass is 32.2. The highest BCUT2D eigenvalue weighted by Gasteiger charge is 2.19. The summed E-state index contributed by atoms with van der Waals surface area (Å²) in [6.07, 6.45) is 4.33. The molecule has 0 fully saturated rings. The van der Waals surface area contributed by atoms with Crippen LogP contribution >= 0.6 is 0 Å². The monoisotopic (exact) mass is 267 g/mol. The topological polar surface area (TPSA) is 88.9 Å². The fraction of sp³-hybridized carbons (Fsp3) is 0.200. The summed E-state index contributed by atoms with van der Waals surface area (Å²) in [6.45, 7) is 0. The summed E-state index contributed by atoms with van der Waals surface area (Å²) in [5.74, 6) is 0.390. The van der Waals surface area contributed by atoms with Crippen molar-refractivity contribution < 1.29 is 8.42 Å². The molecule has 0 atom stereocenters. The van der Waals surface area contributed by atoms with E-state index in [1.54, 1.807) is 26.2 Å². The van der Waals surface area contributed by atoms with E-state index in [4.69, 9.17) is 0 Å². The van der Waals surface area contributed by atoms with Gasteiger partial charge in [-0.1, -0.05) is 0 Å². The summed E-state index contributed by atoms with van der Waals surface area (Å²) in [7, 11) is -0.380. The molecule has 2 heterocycles. The standard InChI is InChI=1S/C10H13N5O2S/c1-11-8-3-5-12-7-9(8)18(16,17)14-10-4-6-13-15(10)2/h3-7,14H,1-2H3,(H,11,12). The van der Waals surface area contributed by atoms with E-state index in [-0.39, 0.29) is 4.90 Å². The van der Waals surface area contributed by atoms with Gasteiger partial charge in [0.2, 0.25) is 0 Å². The van der Waals surface area contributed by atoms with Gasteiger partial charge in [0.1, 0.15) is 10.7 Å². The summed E-state index contributed by atoms with van der Waals surface area (Å²) in [5, 5.41) is 6.71. The molecule has 2 rings (SSSR count). The first-order valence-electron chi connectivity index (χ1n) is 5.17. The van der Waals surface area contributed by atoms with Crippen LogP contribution in [0.3, 0.4) is 0 Å². The Kier molecular flexibility index (Phi) is 3.19. The largest absolute Gasteiger partial charge is 0.387 e. The highest BCUT2D eigenvalue weighted by Crippen LogP contribution is 2.21. The molecule has 0 aromatic carbocycles. The molecule has 0 unspecified atom stereocenters. The van der Waals surface area contributed by atoms with Gasteiger partial charge in [0, 0.05) is 32.6 Å². The molecule has 0 aliphatic carbocycles. The Bertz CT molecular complexity index is 650. The summed E-state index contributed by atoms with van der Waals surface area (Å²) in [5.41, 5.74) is 0.486. The molecule has 2 aromatic heterocycles. The molecule has 18 heavy (non-hydrogen) atoms. The van der Waals surface area contributed by atoms with Crippen molar-refractivity contribution in [2.45, 2.75) is 4.90 Å². The van der Waals surface area contributed by atoms with Crippen molar-refractivity contribution in [3.05, 3.63) is 30.7 Å². The van der Waals surface area contributed by atoms with E-state index in [9.17, 15) is 8.42 Å². The molecule has 0 saturated carbocycles. The number of hydrogen-bond acceptors (Lipinski definition) is 5. The van der Waals surface area contributed by atoms with E-state index in [2.05, 4.69) is 20.1 Å². The van der Waals surface area contributed by atoms with Crippen LogP contribution in [0.1, 0.15) is 0 Å². The van der Waals surface area contributed by atoms with Crippen molar-refractivity contribution in [2.24, 2.45) is 7.05 Å². The van der Waals surface area contributed by atoms with E-state index >= 15 is 0 Å². The Morgan fingerprint density at radius 3 is 2.67 bits per heavy atom. The molecule has 96 valence electrons. The van der Waals surface area contributed by atoms with Gasteiger partial charge in [0.05, 0.1) is 11.9 Å². The van der Waals surface area contributed by atoms with Gasteiger partial charge < -0.3 is 5.32 Å². The third-order valence-electron chi connectivity index (χ3n) is 2.40. The minimum atomic E-state index is -3.68. The van der Waals surface area contributed by atoms with Crippen molar-refractivity contribution in [1.82, 2.24) is 14.8 Å². The van der Waals surface area contributed by atoms with Gasteiger partial charge in [0.15, 0.2) is 0 Å². The van der Waals surface area contributed by atoms with Crippen LogP contribution in [0.4, 0.5) is 11.5 Å². The smallest absolute Gasteiger partial charge is 0.266 e. The van der Waals surface area contributed by atoms with Gasteiger partial charge in [-0.3, -0.25) is 14.4 Å². The van der Waals surface area contributed by atoms with Gasteiger partial charge >= 0.3 is 0 Å². The van der Waals surface area contributed by atoms with Gasteiger partial charge in [0.25, 0.3) is 10.0 Å². The van der Waals surface area contributed by atoms with E-state index < -0.39 is 10.0 Å². The maximum Gasteiger partial charge on any atom is 0.266 e. The van der Waals surface area contributed by atoms with Crippen molar-refractivity contribution >= 4 is 21.5 Å². The fourth-order valence-electron chi connectivity index (χ4n) is 1.47. The van der Waals surface area contributed by atoms with Crippen molar-refractivity contribution in [1.29, 1.82) is 0 Å². The Balaban J connectivity index is 2.40. The maximum atomic E-state index is 12.2. The van der Waals surface area contributed by atoms with Crippen LogP contribution in [-0.2, 0) is 17.1 Å². The number of aromatic nitrogens is 3. The number of aryl methyl sites for hydroxylation is 1. The molecule has 2 aromatic rings. The molecular formula is C10H13N5O2S. The molecule has 0 bridgehead atoms. The summed E-state index contributed by atoms with van der Waals surface area (Å²) in [4.78, 5) is 3.92. The average molecular weight is 267 g/mol. The maximum absolute atomic E-state index is 12.2. The average Bonchev–Trinajstić information content (AvgIpc) is 2.74.